The molecule has 0 fully saturated rings. The molecule has 0 saturated heterocycles. The summed E-state index contributed by atoms with van der Waals surface area (Å²) in [4.78, 5) is 0. The van der Waals surface area contributed by atoms with E-state index in [4.69, 9.17) is 0 Å². The summed E-state index contributed by atoms with van der Waals surface area (Å²) in [6.07, 6.45) is 16.0. The van der Waals surface area contributed by atoms with E-state index in [-0.39, 0.29) is 32.7 Å². The first-order valence-electron chi connectivity index (χ1n) is 10.9. The summed E-state index contributed by atoms with van der Waals surface area (Å²) >= 11 is -0.921. The molecule has 0 aliphatic heterocycles. The quantitative estimate of drug-likeness (QED) is 0.280. The molecule has 1 atom stereocenters. The first kappa shape index (κ1) is 27.4. The third kappa shape index (κ3) is 6.65. The second kappa shape index (κ2) is 13.7. The number of hydrogen-bond acceptors (Lipinski definition) is 0. The third-order valence-electron chi connectivity index (χ3n) is 5.81. The minimum atomic E-state index is -0.921. The molecule has 1 aromatic rings. The zero-order chi connectivity index (χ0) is 19.2. The number of halogens is 2. The Balaban J connectivity index is 0.00000210. The molecule has 0 spiro atoms. The molecule has 1 unspecified atom stereocenters. The van der Waals surface area contributed by atoms with E-state index >= 15 is 0 Å². The Morgan fingerprint density at radius 2 is 1.69 bits per heavy atom. The fraction of sp³-hybridized carbons (Fsp3) is 0.520. The Labute approximate surface area is 204 Å². The predicted octanol–water partition coefficient (Wildman–Crippen LogP) is 2.27. The smallest absolute Gasteiger partial charge is 1.00 e. The molecule has 4 heteroatoms. The minimum Gasteiger partial charge on any atom is -1.00 e. The van der Waals surface area contributed by atoms with Gasteiger partial charge in [0.15, 0.2) is 0 Å². The summed E-state index contributed by atoms with van der Waals surface area (Å²) < 4.78 is 2.76. The van der Waals surface area contributed by atoms with Crippen LogP contribution in [0.4, 0.5) is 0 Å². The van der Waals surface area contributed by atoms with Crippen molar-refractivity contribution in [1.82, 2.24) is 0 Å². The van der Waals surface area contributed by atoms with Crippen LogP contribution in [0.1, 0.15) is 81.0 Å². The van der Waals surface area contributed by atoms with E-state index < -0.39 is 22.9 Å². The van der Waals surface area contributed by atoms with Gasteiger partial charge in [-0.05, 0) is 0 Å². The summed E-state index contributed by atoms with van der Waals surface area (Å²) in [7, 11) is 0.0660. The van der Waals surface area contributed by atoms with Gasteiger partial charge in [0, 0.05) is 0 Å². The summed E-state index contributed by atoms with van der Waals surface area (Å²) in [5.41, 5.74) is 6.61. The van der Waals surface area contributed by atoms with Crippen LogP contribution >= 0.6 is 7.92 Å². The van der Waals surface area contributed by atoms with Gasteiger partial charge in [0.25, 0.3) is 0 Å². The normalized spacial score (nSPS) is 17.3. The topological polar surface area (TPSA) is 0 Å². The molecule has 0 aromatic heterocycles. The van der Waals surface area contributed by atoms with Crippen molar-refractivity contribution in [2.45, 2.75) is 69.9 Å². The van der Waals surface area contributed by atoms with Gasteiger partial charge < -0.3 is 24.8 Å². The predicted molar refractivity (Wildman–Crippen MR) is 119 cm³/mol. The molecular formula is C25H35Cl2HfP. The van der Waals surface area contributed by atoms with Crippen LogP contribution in [0, 0.1) is 0 Å². The largest absolute Gasteiger partial charge is 1.00 e. The first-order valence-corrected chi connectivity index (χ1v) is 16.5. The summed E-state index contributed by atoms with van der Waals surface area (Å²) in [6.45, 7) is 9.44. The van der Waals surface area contributed by atoms with Gasteiger partial charge in [-0.2, -0.15) is 0 Å². The van der Waals surface area contributed by atoms with Crippen LogP contribution in [0.15, 0.2) is 50.1 Å². The molecule has 29 heavy (non-hydrogen) atoms. The van der Waals surface area contributed by atoms with Crippen LogP contribution in [0.3, 0.4) is 0 Å². The van der Waals surface area contributed by atoms with Gasteiger partial charge in [-0.1, -0.05) is 0 Å². The van der Waals surface area contributed by atoms with Gasteiger partial charge in [0.2, 0.25) is 0 Å². The van der Waals surface area contributed by atoms with Crippen molar-refractivity contribution in [3.8, 4) is 0 Å². The molecule has 0 radical (unpaired) electrons. The average molecular weight is 616 g/mol. The van der Waals surface area contributed by atoms with E-state index in [1.807, 2.05) is 8.64 Å². The van der Waals surface area contributed by atoms with Crippen LogP contribution in [0.25, 0.3) is 6.08 Å². The fourth-order valence-corrected chi connectivity index (χ4v) is 15.7. The molecule has 158 valence electrons. The monoisotopic (exact) mass is 616 g/mol. The zero-order valence-corrected chi connectivity index (χ0v) is 24.4. The molecule has 0 N–H and O–H groups in total. The SMILES string of the molecule is CCCCC1=[C]([Hf+2][CH]2C(P(CCC)CCC)=Cc3ccccc32)CC=C1C.[Cl-].[Cl-]. The maximum absolute atomic E-state index is 2.63. The molecule has 2 aliphatic carbocycles. The standard InChI is InChI=1S/C15H20P.C10H15.2ClH.Hf/c1-3-9-16(10-4-2)15-11-13-7-5-6-8-14(13)12-15;1-3-4-7-10-8-5-6-9(10)2;;;/h5-8,11-12H,3-4,9-10H2,1-2H3;6H,3-5,7H2,1-2H3;2*1H;/q;;;;+2/p-2. The van der Waals surface area contributed by atoms with Crippen LogP contribution in [0.5, 0.6) is 0 Å². The van der Waals surface area contributed by atoms with Crippen molar-refractivity contribution in [2.24, 2.45) is 0 Å². The van der Waals surface area contributed by atoms with E-state index in [1.54, 1.807) is 22.3 Å². The molecule has 0 nitrogen and oxygen atoms in total. The molecule has 3 rings (SSSR count). The minimum absolute atomic E-state index is 0. The molecular weight excluding hydrogens is 581 g/mol. The maximum atomic E-state index is 2.63. The number of allylic oxidation sites excluding steroid dienone is 5. The third-order valence-corrected chi connectivity index (χ3v) is 16.1. The van der Waals surface area contributed by atoms with E-state index in [1.165, 1.54) is 50.8 Å². The van der Waals surface area contributed by atoms with Gasteiger partial charge in [-0.15, -0.1) is 0 Å². The van der Waals surface area contributed by atoms with Gasteiger partial charge in [-0.25, -0.2) is 0 Å². The maximum Gasteiger partial charge on any atom is -1.00 e. The molecule has 2 aliphatic rings. The Morgan fingerprint density at radius 1 is 1.00 bits per heavy atom. The summed E-state index contributed by atoms with van der Waals surface area (Å²) in [6, 6.07) is 9.33. The molecule has 1 aromatic carbocycles. The van der Waals surface area contributed by atoms with E-state index in [9.17, 15) is 0 Å². The number of hydrogen-bond donors (Lipinski definition) is 0. The van der Waals surface area contributed by atoms with Crippen LogP contribution in [-0.2, 0) is 22.9 Å². The number of rotatable bonds is 10. The van der Waals surface area contributed by atoms with E-state index in [0.717, 1.165) is 3.67 Å². The number of unbranched alkanes of at least 4 members (excludes halogenated alkanes) is 1. The summed E-state index contributed by atoms with van der Waals surface area (Å²) in [5.74, 6) is 0. The average Bonchev–Trinajstić information content (AvgIpc) is 3.21. The zero-order valence-electron chi connectivity index (χ0n) is 18.4. The van der Waals surface area contributed by atoms with Gasteiger partial charge in [0.1, 0.15) is 0 Å². The van der Waals surface area contributed by atoms with Gasteiger partial charge >= 0.3 is 180 Å². The van der Waals surface area contributed by atoms with E-state index in [0.29, 0.717) is 0 Å². The van der Waals surface area contributed by atoms with Crippen LogP contribution < -0.4 is 24.8 Å². The second-order valence-corrected chi connectivity index (χ2v) is 15.7. The van der Waals surface area contributed by atoms with Crippen molar-refractivity contribution in [1.29, 1.82) is 0 Å². The Kier molecular flexibility index (Phi) is 12.9. The van der Waals surface area contributed by atoms with Crippen molar-refractivity contribution >= 4 is 14.0 Å². The molecule has 0 saturated carbocycles. The Hall–Kier alpha value is 0.320. The summed E-state index contributed by atoms with van der Waals surface area (Å²) in [5, 5.41) is 1.88. The molecule has 0 bridgehead atoms. The first-order chi connectivity index (χ1) is 13.2. The van der Waals surface area contributed by atoms with Gasteiger partial charge in [0.05, 0.1) is 0 Å². The Morgan fingerprint density at radius 3 is 2.34 bits per heavy atom. The van der Waals surface area contributed by atoms with Crippen molar-refractivity contribution in [3.63, 3.8) is 0 Å². The van der Waals surface area contributed by atoms with Gasteiger partial charge in [-0.3, -0.25) is 0 Å². The van der Waals surface area contributed by atoms with Crippen molar-refractivity contribution in [2.75, 3.05) is 12.3 Å². The molecule has 0 heterocycles. The fourth-order valence-electron chi connectivity index (χ4n) is 4.40. The van der Waals surface area contributed by atoms with Crippen molar-refractivity contribution in [3.05, 3.63) is 61.3 Å². The molecule has 0 amide bonds. The number of benzene rings is 1. The van der Waals surface area contributed by atoms with E-state index in [2.05, 4.69) is 64.1 Å². The van der Waals surface area contributed by atoms with Crippen molar-refractivity contribution < 1.29 is 47.7 Å². The Bertz CT molecular complexity index is 745. The van der Waals surface area contributed by atoms with Crippen LogP contribution in [-0.4, -0.2) is 12.3 Å². The second-order valence-electron chi connectivity index (χ2n) is 7.91. The number of fused-ring (bicyclic) bond motifs is 1. The van der Waals surface area contributed by atoms with Crippen LogP contribution in [0.2, 0.25) is 0 Å².